The van der Waals surface area contributed by atoms with E-state index in [2.05, 4.69) is 10.2 Å². The van der Waals surface area contributed by atoms with Crippen molar-refractivity contribution in [2.75, 3.05) is 11.5 Å². The van der Waals surface area contributed by atoms with E-state index in [9.17, 15) is 12.6 Å². The van der Waals surface area contributed by atoms with Gasteiger partial charge >= 0.3 is 0 Å². The van der Waals surface area contributed by atoms with Gasteiger partial charge in [-0.2, -0.15) is 0 Å². The first-order valence-corrected chi connectivity index (χ1v) is 8.24. The smallest absolute Gasteiger partial charge is 0.233 e. The summed E-state index contributed by atoms with van der Waals surface area (Å²) in [6, 6.07) is 0. The van der Waals surface area contributed by atoms with Crippen molar-refractivity contribution in [3.8, 4) is 0 Å². The average molecular weight is 268 g/mol. The Balaban J connectivity index is 2.95. The van der Waals surface area contributed by atoms with E-state index in [1.165, 1.54) is 0 Å². The zero-order chi connectivity index (χ0) is 11.5. The molecule has 0 radical (unpaired) electrons. The summed E-state index contributed by atoms with van der Waals surface area (Å²) in [4.78, 5) is 0. The summed E-state index contributed by atoms with van der Waals surface area (Å²) in [5, 5.41) is 7.19. The Kier molecular flexibility index (Phi) is 4.35. The molecule has 0 N–H and O–H groups in total. The fourth-order valence-corrected chi connectivity index (χ4v) is 4.33. The Labute approximate surface area is 95.3 Å². The third-order valence-corrected chi connectivity index (χ3v) is 6.57. The second-order valence-corrected chi connectivity index (χ2v) is 7.96. The van der Waals surface area contributed by atoms with Crippen molar-refractivity contribution >= 4 is 32.0 Å². The van der Waals surface area contributed by atoms with Gasteiger partial charge in [-0.1, -0.05) is 25.2 Å². The molecule has 1 heterocycles. The van der Waals surface area contributed by atoms with E-state index in [-0.39, 0.29) is 10.1 Å². The number of aromatic nitrogens is 2. The minimum Gasteiger partial charge on any atom is -0.252 e. The monoisotopic (exact) mass is 268 g/mol. The lowest BCUT2D eigenvalue weighted by atomic mass is 10.6. The van der Waals surface area contributed by atoms with Gasteiger partial charge in [-0.3, -0.25) is 4.21 Å². The fraction of sp³-hybridized carbons (Fsp3) is 0.714. The van der Waals surface area contributed by atoms with E-state index in [1.54, 1.807) is 6.92 Å². The predicted octanol–water partition coefficient (Wildman–Crippen LogP) is 0.849. The molecule has 0 aliphatic carbocycles. The summed E-state index contributed by atoms with van der Waals surface area (Å²) in [5.74, 6) is 0.475. The molecule has 0 aliphatic heterocycles. The second kappa shape index (κ2) is 5.13. The lowest BCUT2D eigenvalue weighted by Crippen LogP contribution is -2.02. The SMILES string of the molecule is CCCS(=O)c1nnc(S(=O)(=O)CC)s1. The molecule has 1 unspecified atom stereocenters. The van der Waals surface area contributed by atoms with E-state index < -0.39 is 20.6 Å². The molecule has 0 spiro atoms. The first kappa shape index (κ1) is 12.7. The fourth-order valence-electron chi connectivity index (χ4n) is 0.811. The molecule has 86 valence electrons. The van der Waals surface area contributed by atoms with Gasteiger partial charge in [-0.25, -0.2) is 8.42 Å². The molecule has 0 aliphatic rings. The predicted molar refractivity (Wildman–Crippen MR) is 59.2 cm³/mol. The Morgan fingerprint density at radius 2 is 2.00 bits per heavy atom. The van der Waals surface area contributed by atoms with Crippen molar-refractivity contribution in [1.82, 2.24) is 10.2 Å². The van der Waals surface area contributed by atoms with Crippen LogP contribution in [0.25, 0.3) is 0 Å². The van der Waals surface area contributed by atoms with Crippen LogP contribution in [0.5, 0.6) is 0 Å². The summed E-state index contributed by atoms with van der Waals surface area (Å²) in [6.45, 7) is 3.45. The molecular weight excluding hydrogens is 256 g/mol. The second-order valence-electron chi connectivity index (χ2n) is 2.79. The summed E-state index contributed by atoms with van der Waals surface area (Å²) in [7, 11) is -4.53. The zero-order valence-electron chi connectivity index (χ0n) is 8.47. The number of hydrogen-bond donors (Lipinski definition) is 0. The maximum absolute atomic E-state index is 11.5. The van der Waals surface area contributed by atoms with Crippen LogP contribution in [0.2, 0.25) is 0 Å². The van der Waals surface area contributed by atoms with Gasteiger partial charge in [0.15, 0.2) is 0 Å². The lowest BCUT2D eigenvalue weighted by Gasteiger charge is -1.92. The van der Waals surface area contributed by atoms with Gasteiger partial charge in [0.05, 0.1) is 16.6 Å². The van der Waals surface area contributed by atoms with Gasteiger partial charge < -0.3 is 0 Å². The van der Waals surface area contributed by atoms with Crippen LogP contribution in [0, 0.1) is 0 Å². The first-order chi connectivity index (χ1) is 7.01. The van der Waals surface area contributed by atoms with Crippen LogP contribution < -0.4 is 0 Å². The highest BCUT2D eigenvalue weighted by Crippen LogP contribution is 2.19. The molecule has 0 aromatic carbocycles. The average Bonchev–Trinajstić information content (AvgIpc) is 2.67. The van der Waals surface area contributed by atoms with E-state index in [4.69, 9.17) is 0 Å². The maximum atomic E-state index is 11.5. The standard InChI is InChI=1S/C7H12N2O3S3/c1-3-5-14(10)6-8-9-7(13-6)15(11,12)4-2/h3-5H2,1-2H3. The molecule has 0 bridgehead atoms. The van der Waals surface area contributed by atoms with Crippen LogP contribution in [-0.2, 0) is 20.6 Å². The Hall–Kier alpha value is -0.340. The van der Waals surface area contributed by atoms with E-state index in [0.717, 1.165) is 17.8 Å². The van der Waals surface area contributed by atoms with E-state index in [1.807, 2.05) is 6.92 Å². The zero-order valence-corrected chi connectivity index (χ0v) is 10.9. The van der Waals surface area contributed by atoms with Crippen LogP contribution in [0.4, 0.5) is 0 Å². The quantitative estimate of drug-likeness (QED) is 0.791. The molecule has 0 saturated carbocycles. The van der Waals surface area contributed by atoms with Gasteiger partial charge in [-0.05, 0) is 6.42 Å². The largest absolute Gasteiger partial charge is 0.252 e. The van der Waals surface area contributed by atoms with Gasteiger partial charge in [0.1, 0.15) is 0 Å². The number of sulfone groups is 1. The Morgan fingerprint density at radius 1 is 1.33 bits per heavy atom. The third-order valence-electron chi connectivity index (χ3n) is 1.62. The van der Waals surface area contributed by atoms with Crippen molar-refractivity contribution in [2.45, 2.75) is 28.9 Å². The molecular formula is C7H12N2O3S3. The summed E-state index contributed by atoms with van der Waals surface area (Å²) < 4.78 is 34.6. The van der Waals surface area contributed by atoms with E-state index >= 15 is 0 Å². The normalized spacial score (nSPS) is 14.0. The van der Waals surface area contributed by atoms with Crippen LogP contribution >= 0.6 is 11.3 Å². The van der Waals surface area contributed by atoms with Crippen LogP contribution in [0.1, 0.15) is 20.3 Å². The van der Waals surface area contributed by atoms with Crippen molar-refractivity contribution in [3.05, 3.63) is 0 Å². The highest BCUT2D eigenvalue weighted by atomic mass is 32.2. The van der Waals surface area contributed by atoms with Crippen LogP contribution in [0.3, 0.4) is 0 Å². The molecule has 1 aromatic rings. The van der Waals surface area contributed by atoms with Crippen LogP contribution in [0.15, 0.2) is 8.68 Å². The molecule has 1 atom stereocenters. The van der Waals surface area contributed by atoms with Crippen molar-refractivity contribution in [2.24, 2.45) is 0 Å². The number of hydrogen-bond acceptors (Lipinski definition) is 6. The van der Waals surface area contributed by atoms with Crippen molar-refractivity contribution < 1.29 is 12.6 Å². The molecule has 0 fully saturated rings. The Bertz CT molecular complexity index is 452. The maximum Gasteiger partial charge on any atom is 0.233 e. The Morgan fingerprint density at radius 3 is 2.53 bits per heavy atom. The highest BCUT2D eigenvalue weighted by molar-refractivity contribution is 7.94. The van der Waals surface area contributed by atoms with Gasteiger partial charge in [0.2, 0.25) is 18.5 Å². The molecule has 8 heteroatoms. The molecule has 0 saturated heterocycles. The molecule has 1 aromatic heterocycles. The molecule has 0 amide bonds. The van der Waals surface area contributed by atoms with Crippen molar-refractivity contribution in [1.29, 1.82) is 0 Å². The van der Waals surface area contributed by atoms with Crippen molar-refractivity contribution in [3.63, 3.8) is 0 Å². The lowest BCUT2D eigenvalue weighted by molar-refractivity contribution is 0.595. The third kappa shape index (κ3) is 3.05. The minimum absolute atomic E-state index is 0.0119. The van der Waals surface area contributed by atoms with Gasteiger partial charge in [0, 0.05) is 5.75 Å². The first-order valence-electron chi connectivity index (χ1n) is 4.46. The number of rotatable bonds is 5. The molecule has 15 heavy (non-hydrogen) atoms. The summed E-state index contributed by atoms with van der Waals surface area (Å²) >= 11 is 0.902. The van der Waals surface area contributed by atoms with Crippen LogP contribution in [-0.4, -0.2) is 34.3 Å². The minimum atomic E-state index is -3.32. The molecule has 5 nitrogen and oxygen atoms in total. The number of nitrogens with zero attached hydrogens (tertiary/aromatic N) is 2. The van der Waals surface area contributed by atoms with E-state index in [0.29, 0.717) is 10.1 Å². The molecule has 1 rings (SSSR count). The summed E-state index contributed by atoms with van der Waals surface area (Å²) in [6.07, 6.45) is 0.766. The topological polar surface area (TPSA) is 77.0 Å². The summed E-state index contributed by atoms with van der Waals surface area (Å²) in [5.41, 5.74) is 0. The highest BCUT2D eigenvalue weighted by Gasteiger charge is 2.19. The van der Waals surface area contributed by atoms with Gasteiger partial charge in [-0.15, -0.1) is 10.2 Å². The van der Waals surface area contributed by atoms with Gasteiger partial charge in [0.25, 0.3) is 0 Å².